The Morgan fingerprint density at radius 2 is 2.19 bits per heavy atom. The Bertz CT molecular complexity index is 528. The molecule has 5 heteroatoms. The van der Waals surface area contributed by atoms with E-state index >= 15 is 0 Å². The maximum Gasteiger partial charge on any atom is 0.251 e. The van der Waals surface area contributed by atoms with Gasteiger partial charge < -0.3 is 15.8 Å². The largest absolute Gasteiger partial charge is 0.494 e. The molecule has 1 aromatic carbocycles. The minimum absolute atomic E-state index is 0.0640. The van der Waals surface area contributed by atoms with E-state index in [0.29, 0.717) is 23.6 Å². The van der Waals surface area contributed by atoms with Gasteiger partial charge in [0.15, 0.2) is 0 Å². The molecule has 2 fully saturated rings. The normalized spacial score (nSPS) is 22.2. The van der Waals surface area contributed by atoms with Crippen molar-refractivity contribution in [3.63, 3.8) is 0 Å². The van der Waals surface area contributed by atoms with Gasteiger partial charge in [0.1, 0.15) is 5.75 Å². The first-order valence-electron chi connectivity index (χ1n) is 7.74. The van der Waals surface area contributed by atoms with Crippen molar-refractivity contribution in [3.05, 3.63) is 23.8 Å². The van der Waals surface area contributed by atoms with Gasteiger partial charge in [-0.25, -0.2) is 0 Å². The lowest BCUT2D eigenvalue weighted by Gasteiger charge is -2.16. The second-order valence-electron chi connectivity index (χ2n) is 5.91. The molecule has 1 aromatic rings. The van der Waals surface area contributed by atoms with Crippen molar-refractivity contribution in [2.75, 3.05) is 25.4 Å². The van der Waals surface area contributed by atoms with Crippen LogP contribution in [0.4, 0.5) is 5.69 Å². The van der Waals surface area contributed by atoms with Crippen LogP contribution in [0, 0.1) is 0 Å². The van der Waals surface area contributed by atoms with Crippen LogP contribution in [0.3, 0.4) is 0 Å². The van der Waals surface area contributed by atoms with Gasteiger partial charge in [-0.2, -0.15) is 0 Å². The van der Waals surface area contributed by atoms with E-state index in [2.05, 4.69) is 10.2 Å². The average molecular weight is 289 g/mol. The molecule has 1 saturated heterocycles. The fourth-order valence-electron chi connectivity index (χ4n) is 2.95. The summed E-state index contributed by atoms with van der Waals surface area (Å²) in [5.74, 6) is 0.583. The Labute approximate surface area is 125 Å². The second kappa shape index (κ2) is 5.93. The molecule has 114 valence electrons. The third kappa shape index (κ3) is 3.47. The van der Waals surface area contributed by atoms with Crippen LogP contribution in [0.1, 0.15) is 36.5 Å². The van der Waals surface area contributed by atoms with E-state index in [-0.39, 0.29) is 11.9 Å². The van der Waals surface area contributed by atoms with E-state index in [1.54, 1.807) is 18.2 Å². The molecular formula is C16H23N3O2. The summed E-state index contributed by atoms with van der Waals surface area (Å²) in [5, 5.41) is 3.11. The third-order valence-corrected chi connectivity index (χ3v) is 4.12. The maximum absolute atomic E-state index is 12.4. The number of nitrogen functional groups attached to an aromatic ring is 1. The van der Waals surface area contributed by atoms with Gasteiger partial charge in [0, 0.05) is 42.5 Å². The molecule has 1 heterocycles. The highest BCUT2D eigenvalue weighted by Crippen LogP contribution is 2.30. The van der Waals surface area contributed by atoms with E-state index in [4.69, 9.17) is 10.5 Å². The van der Waals surface area contributed by atoms with Crippen LogP contribution in [0.5, 0.6) is 5.75 Å². The van der Waals surface area contributed by atoms with Crippen molar-refractivity contribution in [3.8, 4) is 5.75 Å². The van der Waals surface area contributed by atoms with Gasteiger partial charge in [0.25, 0.3) is 5.91 Å². The molecule has 3 N–H and O–H groups in total. The summed E-state index contributed by atoms with van der Waals surface area (Å²) >= 11 is 0. The van der Waals surface area contributed by atoms with Crippen LogP contribution in [0.25, 0.3) is 0 Å². The Kier molecular flexibility index (Phi) is 4.01. The summed E-state index contributed by atoms with van der Waals surface area (Å²) in [7, 11) is 0. The Morgan fingerprint density at radius 3 is 2.90 bits per heavy atom. The summed E-state index contributed by atoms with van der Waals surface area (Å²) in [6.45, 7) is 4.53. The first-order chi connectivity index (χ1) is 10.2. The van der Waals surface area contributed by atoms with Crippen molar-refractivity contribution in [1.82, 2.24) is 10.2 Å². The molecule has 0 aromatic heterocycles. The summed E-state index contributed by atoms with van der Waals surface area (Å²) < 4.78 is 5.44. The minimum Gasteiger partial charge on any atom is -0.494 e. The van der Waals surface area contributed by atoms with Gasteiger partial charge in [0.05, 0.1) is 6.61 Å². The molecule has 0 bridgehead atoms. The highest BCUT2D eigenvalue weighted by Gasteiger charge is 2.34. The Hall–Kier alpha value is -1.75. The predicted molar refractivity (Wildman–Crippen MR) is 82.5 cm³/mol. The zero-order valence-electron chi connectivity index (χ0n) is 12.5. The molecule has 1 unspecified atom stereocenters. The van der Waals surface area contributed by atoms with Crippen molar-refractivity contribution in [2.24, 2.45) is 0 Å². The van der Waals surface area contributed by atoms with E-state index in [9.17, 15) is 4.79 Å². The van der Waals surface area contributed by atoms with Gasteiger partial charge in [0.2, 0.25) is 0 Å². The number of nitrogens with zero attached hydrogens (tertiary/aromatic N) is 1. The molecule has 3 rings (SSSR count). The standard InChI is InChI=1S/C16H23N3O2/c1-2-21-15-8-11(7-12(17)9-15)16(20)18-13-5-6-19(10-13)14-3-4-14/h7-9,13-14H,2-6,10,17H2,1H3,(H,18,20). The molecule has 1 amide bonds. The number of carbonyl (C=O) groups excluding carboxylic acids is 1. The van der Waals surface area contributed by atoms with Crippen LogP contribution < -0.4 is 15.8 Å². The lowest BCUT2D eigenvalue weighted by molar-refractivity contribution is 0.0937. The van der Waals surface area contributed by atoms with Gasteiger partial charge >= 0.3 is 0 Å². The lowest BCUT2D eigenvalue weighted by atomic mass is 10.1. The lowest BCUT2D eigenvalue weighted by Crippen LogP contribution is -2.37. The maximum atomic E-state index is 12.4. The number of hydrogen-bond acceptors (Lipinski definition) is 4. The molecule has 1 saturated carbocycles. The van der Waals surface area contributed by atoms with Gasteiger partial charge in [-0.3, -0.25) is 9.69 Å². The Balaban J connectivity index is 1.62. The van der Waals surface area contributed by atoms with Crippen molar-refractivity contribution < 1.29 is 9.53 Å². The number of hydrogen-bond donors (Lipinski definition) is 2. The molecule has 1 aliphatic carbocycles. The summed E-state index contributed by atoms with van der Waals surface area (Å²) in [4.78, 5) is 14.8. The minimum atomic E-state index is -0.0640. The predicted octanol–water partition coefficient (Wildman–Crippen LogP) is 1.63. The van der Waals surface area contributed by atoms with Crippen molar-refractivity contribution in [1.29, 1.82) is 0 Å². The molecule has 0 radical (unpaired) electrons. The monoisotopic (exact) mass is 289 g/mol. The topological polar surface area (TPSA) is 67.6 Å². The Morgan fingerprint density at radius 1 is 1.38 bits per heavy atom. The zero-order chi connectivity index (χ0) is 14.8. The van der Waals surface area contributed by atoms with Crippen LogP contribution in [-0.2, 0) is 0 Å². The summed E-state index contributed by atoms with van der Waals surface area (Å²) in [5.41, 5.74) is 6.96. The van der Waals surface area contributed by atoms with Crippen LogP contribution >= 0.6 is 0 Å². The van der Waals surface area contributed by atoms with Gasteiger partial charge in [-0.15, -0.1) is 0 Å². The van der Waals surface area contributed by atoms with Gasteiger partial charge in [-0.1, -0.05) is 0 Å². The van der Waals surface area contributed by atoms with Gasteiger partial charge in [-0.05, 0) is 38.3 Å². The van der Waals surface area contributed by atoms with E-state index in [0.717, 1.165) is 25.6 Å². The fraction of sp³-hybridized carbons (Fsp3) is 0.562. The number of nitrogens with one attached hydrogen (secondary N) is 1. The second-order valence-corrected chi connectivity index (χ2v) is 5.91. The molecule has 21 heavy (non-hydrogen) atoms. The SMILES string of the molecule is CCOc1cc(N)cc(C(=O)NC2CCN(C3CC3)C2)c1. The van der Waals surface area contributed by atoms with E-state index < -0.39 is 0 Å². The number of carbonyl (C=O) groups is 1. The highest BCUT2D eigenvalue weighted by molar-refractivity contribution is 5.95. The first kappa shape index (κ1) is 14.2. The summed E-state index contributed by atoms with van der Waals surface area (Å²) in [6, 6.07) is 6.21. The number of likely N-dealkylation sites (tertiary alicyclic amines) is 1. The number of amides is 1. The quantitative estimate of drug-likeness (QED) is 0.809. The highest BCUT2D eigenvalue weighted by atomic mass is 16.5. The first-order valence-corrected chi connectivity index (χ1v) is 7.74. The number of ether oxygens (including phenoxy) is 1. The van der Waals surface area contributed by atoms with Crippen LogP contribution in [0.15, 0.2) is 18.2 Å². The fourth-order valence-corrected chi connectivity index (χ4v) is 2.95. The smallest absolute Gasteiger partial charge is 0.251 e. The number of benzene rings is 1. The van der Waals surface area contributed by atoms with Crippen LogP contribution in [0.2, 0.25) is 0 Å². The van der Waals surface area contributed by atoms with Crippen LogP contribution in [-0.4, -0.2) is 42.6 Å². The number of anilines is 1. The van der Waals surface area contributed by atoms with Crippen molar-refractivity contribution in [2.45, 2.75) is 38.3 Å². The number of rotatable bonds is 5. The molecular weight excluding hydrogens is 266 g/mol. The molecule has 5 nitrogen and oxygen atoms in total. The van der Waals surface area contributed by atoms with E-state index in [1.807, 2.05) is 6.92 Å². The summed E-state index contributed by atoms with van der Waals surface area (Å²) in [6.07, 6.45) is 3.66. The molecule has 2 aliphatic rings. The third-order valence-electron chi connectivity index (χ3n) is 4.12. The molecule has 1 atom stereocenters. The van der Waals surface area contributed by atoms with E-state index in [1.165, 1.54) is 12.8 Å². The molecule has 0 spiro atoms. The number of nitrogens with two attached hydrogens (primary N) is 1. The zero-order valence-corrected chi connectivity index (χ0v) is 12.5. The van der Waals surface area contributed by atoms with Crippen molar-refractivity contribution >= 4 is 11.6 Å². The average Bonchev–Trinajstić information content (AvgIpc) is 3.19. The molecule has 1 aliphatic heterocycles.